The van der Waals surface area contributed by atoms with Gasteiger partial charge < -0.3 is 16.8 Å². The zero-order chi connectivity index (χ0) is 23.5. The molecule has 2 N–H and O–H groups in total. The second kappa shape index (κ2) is 21.2. The Labute approximate surface area is 210 Å². The molecule has 0 amide bonds. The molecule has 9 heteroatoms. The van der Waals surface area contributed by atoms with E-state index in [1.54, 1.807) is 0 Å². The van der Waals surface area contributed by atoms with Gasteiger partial charge >= 0.3 is 41.5 Å². The third-order valence-electron chi connectivity index (χ3n) is 4.46. The summed E-state index contributed by atoms with van der Waals surface area (Å²) < 4.78 is 33.7. The van der Waals surface area contributed by atoms with Crippen molar-refractivity contribution in [3.8, 4) is 0 Å². The van der Waals surface area contributed by atoms with Crippen molar-refractivity contribution in [1.82, 2.24) is 0 Å². The molecule has 0 aromatic heterocycles. The van der Waals surface area contributed by atoms with Crippen molar-refractivity contribution in [3.05, 3.63) is 32.2 Å². The van der Waals surface area contributed by atoms with Crippen molar-refractivity contribution in [1.29, 1.82) is 0 Å². The van der Waals surface area contributed by atoms with E-state index in [9.17, 15) is 18.0 Å². The van der Waals surface area contributed by atoms with E-state index >= 15 is 0 Å². The molecule has 0 aliphatic heterocycles. The second-order valence-electron chi connectivity index (χ2n) is 7.10. The van der Waals surface area contributed by atoms with Crippen LogP contribution in [0.5, 0.6) is 0 Å². The van der Waals surface area contributed by atoms with Crippen molar-refractivity contribution in [2.45, 2.75) is 88.7 Å². The zero-order valence-electron chi connectivity index (χ0n) is 19.3. The number of allylic oxidation sites excluding steroid dienone is 1. The number of hydrogen-bond donors (Lipinski definition) is 2. The first-order valence-corrected chi connectivity index (χ1v) is 11.9. The Kier molecular flexibility index (Phi) is 23.9. The number of carbonyl (C=O) groups is 2. The molecule has 0 bridgehead atoms. The number of esters is 1. The third-order valence-corrected chi connectivity index (χ3v) is 5.93. The number of hydrogen-bond acceptors (Lipinski definition) is 5. The normalized spacial score (nSPS) is 12.4. The maximum Gasteiger partial charge on any atom is 1.00 e. The summed E-state index contributed by atoms with van der Waals surface area (Å²) in [5.41, 5.74) is 0. The fourth-order valence-electron chi connectivity index (χ4n) is 2.76. The Morgan fingerprint density at radius 1 is 1.00 bits per heavy atom. The monoisotopic (exact) mass is 470 g/mol. The van der Waals surface area contributed by atoms with Gasteiger partial charge in [-0.1, -0.05) is 83.4 Å². The van der Waals surface area contributed by atoms with Gasteiger partial charge in [0.2, 0.25) is 4.75 Å². The molecule has 0 spiro atoms. The summed E-state index contributed by atoms with van der Waals surface area (Å²) in [6.45, 7) is 12.3. The molecule has 1 unspecified atom stereocenters. The first-order chi connectivity index (χ1) is 14.1. The number of rotatable bonds is 17. The van der Waals surface area contributed by atoms with Crippen LogP contribution < -0.4 is 29.6 Å². The molecule has 1 atom stereocenters. The van der Waals surface area contributed by atoms with Crippen LogP contribution in [0.2, 0.25) is 0 Å². The van der Waals surface area contributed by atoms with Gasteiger partial charge in [-0.05, 0) is 6.42 Å². The number of unbranched alkanes of at least 4 members (excludes halogenated alkanes) is 9. The molecule has 176 valence electrons. The van der Waals surface area contributed by atoms with Crippen molar-refractivity contribution >= 4 is 22.1 Å². The van der Waals surface area contributed by atoms with Crippen molar-refractivity contribution < 1.29 is 62.0 Å². The van der Waals surface area contributed by atoms with Crippen LogP contribution in [-0.4, -0.2) is 41.4 Å². The molecule has 0 saturated heterocycles. The average Bonchev–Trinajstić information content (AvgIpc) is 2.67. The van der Waals surface area contributed by atoms with Crippen LogP contribution in [0, 0.1) is 6.92 Å². The quantitative estimate of drug-likeness (QED) is 0.0835. The Hall–Kier alpha value is -0.670. The van der Waals surface area contributed by atoms with E-state index in [-0.39, 0.29) is 36.2 Å². The number of aliphatic carboxylic acids is 1. The first-order valence-electron chi connectivity index (χ1n) is 10.5. The molecular formula is C22H39NaO7S. The summed E-state index contributed by atoms with van der Waals surface area (Å²) in [6.07, 6.45) is 14.4. The molecule has 0 aliphatic carbocycles. The minimum Gasteiger partial charge on any atom is -0.481 e. The molecular weight excluding hydrogens is 431 g/mol. The van der Waals surface area contributed by atoms with Crippen molar-refractivity contribution in [2.24, 2.45) is 0 Å². The number of ether oxygens (including phenoxy) is 1. The van der Waals surface area contributed by atoms with Gasteiger partial charge in [0.25, 0.3) is 10.1 Å². The molecule has 0 aromatic rings. The summed E-state index contributed by atoms with van der Waals surface area (Å²) in [6, 6.07) is 0. The van der Waals surface area contributed by atoms with Crippen LogP contribution in [-0.2, 0) is 24.4 Å². The van der Waals surface area contributed by atoms with Crippen LogP contribution in [0.1, 0.15) is 84.0 Å². The number of carboxylic acid groups (broad SMARTS) is 1. The van der Waals surface area contributed by atoms with Gasteiger partial charge in [0.15, 0.2) is 0 Å². The van der Waals surface area contributed by atoms with E-state index in [2.05, 4.69) is 31.7 Å². The molecule has 0 aromatic carbocycles. The fourth-order valence-corrected chi connectivity index (χ4v) is 3.66. The first kappa shape index (κ1) is 34.9. The molecule has 0 radical (unpaired) electrons. The second-order valence-corrected chi connectivity index (χ2v) is 8.83. The summed E-state index contributed by atoms with van der Waals surface area (Å²) in [4.78, 5) is 22.4. The molecule has 0 aliphatic rings. The summed E-state index contributed by atoms with van der Waals surface area (Å²) in [5.74, 6) is -2.92. The third kappa shape index (κ3) is 16.6. The van der Waals surface area contributed by atoms with E-state index in [0.29, 0.717) is 0 Å². The minimum atomic E-state index is -4.97. The van der Waals surface area contributed by atoms with Gasteiger partial charge in [0.1, 0.15) is 6.61 Å². The molecule has 7 nitrogen and oxygen atoms in total. The van der Waals surface area contributed by atoms with Crippen LogP contribution in [0.4, 0.5) is 0 Å². The van der Waals surface area contributed by atoms with Gasteiger partial charge in [0, 0.05) is 0 Å². The molecule has 0 heterocycles. The Morgan fingerprint density at radius 3 is 1.84 bits per heavy atom. The minimum absolute atomic E-state index is 0. The predicted octanol–water partition coefficient (Wildman–Crippen LogP) is 2.14. The maximum atomic E-state index is 11.7. The van der Waals surface area contributed by atoms with E-state index in [0.717, 1.165) is 12.5 Å². The zero-order valence-corrected chi connectivity index (χ0v) is 22.1. The van der Waals surface area contributed by atoms with E-state index < -0.39 is 39.6 Å². The molecule has 0 fully saturated rings. The fraction of sp³-hybridized carbons (Fsp3) is 0.682. The van der Waals surface area contributed by atoms with Gasteiger partial charge in [-0.3, -0.25) is 14.1 Å². The largest absolute Gasteiger partial charge is 1.00 e. The van der Waals surface area contributed by atoms with Gasteiger partial charge in [0.05, 0.1) is 6.42 Å². The summed E-state index contributed by atoms with van der Waals surface area (Å²) in [5, 5.41) is 8.68. The Morgan fingerprint density at radius 2 is 1.48 bits per heavy atom. The van der Waals surface area contributed by atoms with Crippen LogP contribution in [0.15, 0.2) is 25.3 Å². The SMILES string of the molecule is C=CCOC(=O)C(CC=C)(CC(=O)O)S(=O)(=O)O.[CH2-]CCCCCCCCCCC.[Na+]. The Bertz CT molecular complexity index is 595. The van der Waals surface area contributed by atoms with Gasteiger partial charge in [-0.25, -0.2) is 0 Å². The van der Waals surface area contributed by atoms with Gasteiger partial charge in [-0.2, -0.15) is 14.8 Å². The van der Waals surface area contributed by atoms with Crippen LogP contribution in [0.3, 0.4) is 0 Å². The summed E-state index contributed by atoms with van der Waals surface area (Å²) in [7, 11) is -4.97. The predicted molar refractivity (Wildman–Crippen MR) is 120 cm³/mol. The number of carbonyl (C=O) groups excluding carboxylic acids is 1. The van der Waals surface area contributed by atoms with Crippen molar-refractivity contribution in [3.63, 3.8) is 0 Å². The van der Waals surface area contributed by atoms with Crippen LogP contribution >= 0.6 is 0 Å². The topological polar surface area (TPSA) is 118 Å². The number of carboxylic acids is 1. The maximum absolute atomic E-state index is 11.7. The smallest absolute Gasteiger partial charge is 0.481 e. The molecule has 31 heavy (non-hydrogen) atoms. The molecule has 0 rings (SSSR count). The van der Waals surface area contributed by atoms with Gasteiger partial charge in [-0.15, -0.1) is 6.58 Å². The van der Waals surface area contributed by atoms with Crippen LogP contribution in [0.25, 0.3) is 0 Å². The van der Waals surface area contributed by atoms with E-state index in [1.165, 1.54) is 63.9 Å². The standard InChI is InChI=1S/C12H25.C10H14O7S.Na/c1-3-5-7-9-11-12-10-8-6-4-2;1-3-5-10(7-8(11)12,18(14,15)16)9(13)17-6-4-2;/h1,3-12H2,2H3;3-4H,1-2,5-7H2,(H,11,12)(H,14,15,16);/q-1;;+1. The summed E-state index contributed by atoms with van der Waals surface area (Å²) >= 11 is 0. The average molecular weight is 471 g/mol. The van der Waals surface area contributed by atoms with E-state index in [1.807, 2.05) is 0 Å². The van der Waals surface area contributed by atoms with Crippen molar-refractivity contribution in [2.75, 3.05) is 6.61 Å². The van der Waals surface area contributed by atoms with E-state index in [4.69, 9.17) is 9.66 Å². The molecule has 0 saturated carbocycles. The Balaban J connectivity index is -0.000000528.